The van der Waals surface area contributed by atoms with E-state index in [1.807, 2.05) is 21.9 Å². The summed E-state index contributed by atoms with van der Waals surface area (Å²) in [6.45, 7) is 11.1. The van der Waals surface area contributed by atoms with Gasteiger partial charge in [-0.25, -0.2) is 0 Å². The van der Waals surface area contributed by atoms with Gasteiger partial charge in [-0.3, -0.25) is 9.59 Å². The van der Waals surface area contributed by atoms with E-state index in [9.17, 15) is 20.1 Å². The fourth-order valence-corrected chi connectivity index (χ4v) is 3.96. The van der Waals surface area contributed by atoms with Crippen molar-refractivity contribution in [3.8, 4) is 12.1 Å². The number of allylic oxidation sites excluding steroid dienone is 6. The summed E-state index contributed by atoms with van der Waals surface area (Å²) in [5, 5.41) is 30.8. The van der Waals surface area contributed by atoms with Crippen LogP contribution in [0.25, 0.3) is 0 Å². The zero-order valence-electron chi connectivity index (χ0n) is 22.2. The van der Waals surface area contributed by atoms with E-state index in [4.69, 9.17) is 9.47 Å². The molecule has 38 heavy (non-hydrogen) atoms. The molecule has 0 aromatic heterocycles. The molecule has 0 saturated carbocycles. The Kier molecular flexibility index (Phi) is 9.93. The average molecular weight is 521 g/mol. The smallest absolute Gasteiger partial charge is 0.289 e. The lowest BCUT2D eigenvalue weighted by Gasteiger charge is -2.26. The quantitative estimate of drug-likeness (QED) is 0.403. The summed E-state index contributed by atoms with van der Waals surface area (Å²) in [6, 6.07) is 3.97. The second-order valence-electron chi connectivity index (χ2n) is 8.90. The number of amides is 2. The number of rotatable bonds is 4. The maximum atomic E-state index is 13.5. The van der Waals surface area contributed by atoms with Crippen molar-refractivity contribution in [1.82, 2.24) is 19.8 Å². The van der Waals surface area contributed by atoms with Gasteiger partial charge in [0.15, 0.2) is 0 Å². The highest BCUT2D eigenvalue weighted by atomic mass is 16.5. The van der Waals surface area contributed by atoms with Crippen LogP contribution in [0.1, 0.15) is 27.7 Å². The van der Waals surface area contributed by atoms with E-state index in [1.165, 1.54) is 24.8 Å². The van der Waals surface area contributed by atoms with Crippen LogP contribution in [0.5, 0.6) is 0 Å². The Balaban J connectivity index is 2.11. The predicted molar refractivity (Wildman–Crippen MR) is 140 cm³/mol. The van der Waals surface area contributed by atoms with E-state index in [2.05, 4.69) is 10.2 Å². The van der Waals surface area contributed by atoms with Gasteiger partial charge in [0, 0.05) is 37.6 Å². The maximum Gasteiger partial charge on any atom is 0.289 e. The molecule has 0 bridgehead atoms. The van der Waals surface area contributed by atoms with Gasteiger partial charge in [-0.05, 0) is 51.0 Å². The van der Waals surface area contributed by atoms with E-state index < -0.39 is 11.8 Å². The first-order chi connectivity index (χ1) is 18.3. The number of ether oxygens (including phenoxy) is 2. The summed E-state index contributed by atoms with van der Waals surface area (Å²) in [4.78, 5) is 30.9. The van der Waals surface area contributed by atoms with E-state index in [-0.39, 0.29) is 11.1 Å². The molecule has 0 aromatic carbocycles. The molecule has 0 atom stereocenters. The third-order valence-corrected chi connectivity index (χ3v) is 6.10. The van der Waals surface area contributed by atoms with Gasteiger partial charge in [0.05, 0.1) is 26.4 Å². The topological polar surface area (TPSA) is 138 Å². The molecular weight excluding hydrogens is 488 g/mol. The molecule has 2 amide bonds. The number of nitrogens with zero attached hydrogens (tertiary/aromatic N) is 8. The van der Waals surface area contributed by atoms with Gasteiger partial charge in [-0.1, -0.05) is 0 Å². The largest absolute Gasteiger partial charge is 0.378 e. The summed E-state index contributed by atoms with van der Waals surface area (Å²) in [7, 11) is 0. The summed E-state index contributed by atoms with van der Waals surface area (Å²) >= 11 is 0. The van der Waals surface area contributed by atoms with Gasteiger partial charge in [0.1, 0.15) is 36.0 Å². The highest BCUT2D eigenvalue weighted by Gasteiger charge is 2.26. The van der Waals surface area contributed by atoms with E-state index in [0.717, 1.165) is 10.0 Å². The lowest BCUT2D eigenvalue weighted by molar-refractivity contribution is -0.125. The number of hydrogen-bond donors (Lipinski definition) is 0. The molecule has 3 aliphatic heterocycles. The Morgan fingerprint density at radius 2 is 1.05 bits per heavy atom. The maximum absolute atomic E-state index is 13.5. The first kappa shape index (κ1) is 28.3. The Morgan fingerprint density at radius 3 is 1.37 bits per heavy atom. The summed E-state index contributed by atoms with van der Waals surface area (Å²) in [5.41, 5.74) is 1.06. The Labute approximate surface area is 222 Å². The van der Waals surface area contributed by atoms with Crippen LogP contribution in [0.4, 0.5) is 0 Å². The standard InChI is InChI=1S/C26H32N8O4/c1-19-13-21(3)33(29-17-31-5-9-37-10-6-31)26(36)24(16-28)20(2)14-22(4)34(25(35)23(19)15-27)30-18-32-7-11-38-12-8-32/h13-14,17-18H,5-12H2,1-4H3/b21-13+,22-14+,23-19+,24-20+,29-17+,30-18+. The summed E-state index contributed by atoms with van der Waals surface area (Å²) in [6.07, 6.45) is 6.12. The Hall–Kier alpha value is -4.26. The summed E-state index contributed by atoms with van der Waals surface area (Å²) in [5.74, 6) is -1.26. The van der Waals surface area contributed by atoms with E-state index in [1.54, 1.807) is 27.7 Å². The molecule has 3 rings (SSSR count). The van der Waals surface area contributed by atoms with Crippen LogP contribution in [0.2, 0.25) is 0 Å². The van der Waals surface area contributed by atoms with Crippen molar-refractivity contribution in [1.29, 1.82) is 10.5 Å². The number of nitriles is 2. The van der Waals surface area contributed by atoms with Gasteiger partial charge >= 0.3 is 0 Å². The van der Waals surface area contributed by atoms with Gasteiger partial charge < -0.3 is 19.3 Å². The Morgan fingerprint density at radius 1 is 0.711 bits per heavy atom. The minimum atomic E-state index is -0.631. The van der Waals surface area contributed by atoms with Crippen molar-refractivity contribution >= 4 is 24.5 Å². The van der Waals surface area contributed by atoms with Crippen LogP contribution in [-0.2, 0) is 19.1 Å². The third kappa shape index (κ3) is 6.94. The summed E-state index contributed by atoms with van der Waals surface area (Å²) < 4.78 is 10.7. The van der Waals surface area contributed by atoms with Crippen LogP contribution in [0.3, 0.4) is 0 Å². The molecule has 2 saturated heterocycles. The number of carbonyl (C=O) groups excluding carboxylic acids is 2. The lowest BCUT2D eigenvalue weighted by Crippen LogP contribution is -2.37. The number of hydrazone groups is 2. The molecule has 200 valence electrons. The molecule has 3 aliphatic rings. The number of hydrogen-bond acceptors (Lipinski definition) is 8. The lowest BCUT2D eigenvalue weighted by atomic mass is 10.1. The van der Waals surface area contributed by atoms with Crippen molar-refractivity contribution in [2.24, 2.45) is 10.2 Å². The molecule has 3 heterocycles. The monoisotopic (exact) mass is 520 g/mol. The van der Waals surface area contributed by atoms with E-state index >= 15 is 0 Å². The van der Waals surface area contributed by atoms with Gasteiger partial charge in [-0.15, -0.1) is 0 Å². The highest BCUT2D eigenvalue weighted by molar-refractivity contribution is 6.01. The third-order valence-electron chi connectivity index (χ3n) is 6.10. The van der Waals surface area contributed by atoms with Crippen molar-refractivity contribution in [2.75, 3.05) is 52.6 Å². The van der Waals surface area contributed by atoms with Crippen molar-refractivity contribution in [3.63, 3.8) is 0 Å². The zero-order chi connectivity index (χ0) is 27.7. The Bertz CT molecular complexity index is 1110. The molecule has 0 aliphatic carbocycles. The molecule has 2 fully saturated rings. The van der Waals surface area contributed by atoms with Gasteiger partial charge in [-0.2, -0.15) is 30.7 Å². The first-order valence-electron chi connectivity index (χ1n) is 12.3. The van der Waals surface area contributed by atoms with Gasteiger partial charge in [0.2, 0.25) is 0 Å². The molecule has 0 radical (unpaired) electrons. The highest BCUT2D eigenvalue weighted by Crippen LogP contribution is 2.22. The van der Waals surface area contributed by atoms with Crippen LogP contribution < -0.4 is 0 Å². The molecule has 12 heteroatoms. The molecule has 12 nitrogen and oxygen atoms in total. The normalized spacial score (nSPS) is 27.4. The fraction of sp³-hybridized carbons (Fsp3) is 0.462. The molecule has 0 spiro atoms. The van der Waals surface area contributed by atoms with Crippen LogP contribution in [0, 0.1) is 22.7 Å². The average Bonchev–Trinajstić information content (AvgIpc) is 2.90. The first-order valence-corrected chi connectivity index (χ1v) is 12.3. The molecule has 0 N–H and O–H groups in total. The molecular formula is C26H32N8O4. The molecule has 0 unspecified atom stereocenters. The SMILES string of the molecule is C/C1=C\C(C)=C(/C#N)C(=O)N(/N=C/N2CCOCC2)/C(C)=C/C(C)=C(\C#N)C(=O)N1/N=C/N1CCOCC1. The predicted octanol–water partition coefficient (Wildman–Crippen LogP) is 1.70. The second-order valence-corrected chi connectivity index (χ2v) is 8.90. The van der Waals surface area contributed by atoms with Crippen molar-refractivity contribution in [2.45, 2.75) is 27.7 Å². The number of carbonyl (C=O) groups is 2. The van der Waals surface area contributed by atoms with Crippen molar-refractivity contribution < 1.29 is 19.1 Å². The van der Waals surface area contributed by atoms with Crippen LogP contribution in [-0.4, -0.2) is 96.9 Å². The molecule has 0 aromatic rings. The minimum absolute atomic E-state index is 0.136. The van der Waals surface area contributed by atoms with E-state index in [0.29, 0.717) is 75.1 Å². The zero-order valence-corrected chi connectivity index (χ0v) is 22.2. The minimum Gasteiger partial charge on any atom is -0.378 e. The second kappa shape index (κ2) is 13.3. The van der Waals surface area contributed by atoms with Crippen LogP contribution in [0.15, 0.2) is 56.0 Å². The number of morpholine rings is 2. The van der Waals surface area contributed by atoms with Crippen molar-refractivity contribution in [3.05, 3.63) is 45.8 Å². The van der Waals surface area contributed by atoms with Crippen LogP contribution >= 0.6 is 0 Å². The van der Waals surface area contributed by atoms with Gasteiger partial charge in [0.25, 0.3) is 11.8 Å². The fourth-order valence-electron chi connectivity index (χ4n) is 3.96.